The van der Waals surface area contributed by atoms with Gasteiger partial charge in [0.05, 0.1) is 42.0 Å². The van der Waals surface area contributed by atoms with Gasteiger partial charge in [-0.3, -0.25) is 14.4 Å². The number of Topliss-reactive ketones (excluding diaryl/α,β-unsaturated/α-hetero) is 1. The smallest absolute Gasteiger partial charge is 0.256 e. The van der Waals surface area contributed by atoms with E-state index >= 15 is 0 Å². The second kappa shape index (κ2) is 12.4. The van der Waals surface area contributed by atoms with Gasteiger partial charge in [-0.25, -0.2) is 4.99 Å². The number of carbonyl (C=O) groups is 3. The van der Waals surface area contributed by atoms with Crippen molar-refractivity contribution in [1.29, 1.82) is 0 Å². The molecule has 0 aliphatic heterocycles. The first-order valence-corrected chi connectivity index (χ1v) is 12.4. The van der Waals surface area contributed by atoms with Crippen LogP contribution in [0.1, 0.15) is 38.1 Å². The zero-order valence-electron chi connectivity index (χ0n) is 22.3. The van der Waals surface area contributed by atoms with E-state index in [0.717, 1.165) is 18.8 Å². The zero-order chi connectivity index (χ0) is 28.0. The number of ether oxygens (including phenoxy) is 2. The third-order valence-corrected chi connectivity index (χ3v) is 6.42. The molecule has 2 aromatic carbocycles. The van der Waals surface area contributed by atoms with Crippen molar-refractivity contribution in [2.24, 2.45) is 4.99 Å². The standard InChI is InChI=1S/C28H31ClN4O5/c1-7-33(8-2)19-9-10-22(24(13-19)30-17(4)34)31-23-15-25(27(35)26(29)16(23)3)32-28(36)18-11-20(37-5)14-21(12-18)38-6/h9-15H,7-8H2,1-6H3,(H,30,34)(H,32,36). The molecular formula is C28H31ClN4O5. The van der Waals surface area contributed by atoms with E-state index < -0.39 is 11.7 Å². The van der Waals surface area contributed by atoms with Gasteiger partial charge in [-0.15, -0.1) is 0 Å². The van der Waals surface area contributed by atoms with Gasteiger partial charge in [0.2, 0.25) is 11.7 Å². The second-order valence-corrected chi connectivity index (χ2v) is 8.81. The highest BCUT2D eigenvalue weighted by atomic mass is 35.5. The number of hydrogen-bond acceptors (Lipinski definition) is 7. The van der Waals surface area contributed by atoms with Gasteiger partial charge in [0.15, 0.2) is 0 Å². The average molecular weight is 539 g/mol. The van der Waals surface area contributed by atoms with Crippen LogP contribution in [0.25, 0.3) is 0 Å². The number of amides is 2. The van der Waals surface area contributed by atoms with Crippen molar-refractivity contribution in [2.75, 3.05) is 37.5 Å². The molecule has 1 aliphatic rings. The Balaban J connectivity index is 2.02. The normalized spacial score (nSPS) is 14.2. The van der Waals surface area contributed by atoms with Gasteiger partial charge in [0.1, 0.15) is 11.5 Å². The lowest BCUT2D eigenvalue weighted by molar-refractivity contribution is -0.114. The van der Waals surface area contributed by atoms with Gasteiger partial charge in [-0.2, -0.15) is 0 Å². The maximum atomic E-state index is 13.0. The van der Waals surface area contributed by atoms with Gasteiger partial charge in [0.25, 0.3) is 5.91 Å². The summed E-state index contributed by atoms with van der Waals surface area (Å²) in [7, 11) is 2.95. The maximum Gasteiger partial charge on any atom is 0.256 e. The summed E-state index contributed by atoms with van der Waals surface area (Å²) in [6, 6.07) is 10.2. The molecular weight excluding hydrogens is 508 g/mol. The molecule has 2 aromatic rings. The number of nitrogens with one attached hydrogen (secondary N) is 2. The predicted octanol–water partition coefficient (Wildman–Crippen LogP) is 4.99. The van der Waals surface area contributed by atoms with Crippen molar-refractivity contribution in [3.05, 3.63) is 64.3 Å². The summed E-state index contributed by atoms with van der Waals surface area (Å²) in [5, 5.41) is 5.39. The molecule has 0 saturated carbocycles. The molecule has 0 unspecified atom stereocenters. The minimum absolute atomic E-state index is 0.0352. The molecule has 200 valence electrons. The number of hydrogen-bond donors (Lipinski definition) is 2. The topological polar surface area (TPSA) is 109 Å². The molecule has 0 atom stereocenters. The van der Waals surface area contributed by atoms with Crippen LogP contribution in [0.15, 0.2) is 63.8 Å². The van der Waals surface area contributed by atoms with E-state index in [-0.39, 0.29) is 22.2 Å². The summed E-state index contributed by atoms with van der Waals surface area (Å²) in [6.45, 7) is 8.79. The Morgan fingerprint density at radius 1 is 1.00 bits per heavy atom. The van der Waals surface area contributed by atoms with Gasteiger partial charge in [-0.05, 0) is 62.8 Å². The molecule has 1 aliphatic carbocycles. The first-order chi connectivity index (χ1) is 18.1. The van der Waals surface area contributed by atoms with Crippen LogP contribution in [0.3, 0.4) is 0 Å². The van der Waals surface area contributed by atoms with E-state index in [1.54, 1.807) is 19.1 Å². The Morgan fingerprint density at radius 3 is 2.18 bits per heavy atom. The Bertz CT molecular complexity index is 1340. The van der Waals surface area contributed by atoms with Crippen molar-refractivity contribution in [1.82, 2.24) is 5.32 Å². The summed E-state index contributed by atoms with van der Waals surface area (Å²) < 4.78 is 10.5. The maximum absolute atomic E-state index is 13.0. The van der Waals surface area contributed by atoms with Gasteiger partial charge in [-0.1, -0.05) is 11.6 Å². The molecule has 0 heterocycles. The molecule has 0 saturated heterocycles. The van der Waals surface area contributed by atoms with Crippen LogP contribution in [0.5, 0.6) is 11.5 Å². The molecule has 3 rings (SSSR count). The molecule has 9 nitrogen and oxygen atoms in total. The molecule has 2 amide bonds. The van der Waals surface area contributed by atoms with Crippen LogP contribution in [0, 0.1) is 0 Å². The fraction of sp³-hybridized carbons (Fsp3) is 0.286. The van der Waals surface area contributed by atoms with Gasteiger partial charge in [0, 0.05) is 37.3 Å². The first kappa shape index (κ1) is 28.5. The van der Waals surface area contributed by atoms with Crippen LogP contribution in [0.2, 0.25) is 0 Å². The van der Waals surface area contributed by atoms with Crippen LogP contribution in [-0.2, 0) is 9.59 Å². The molecule has 0 aromatic heterocycles. The number of ketones is 1. The lowest BCUT2D eigenvalue weighted by Crippen LogP contribution is -2.31. The zero-order valence-corrected chi connectivity index (χ0v) is 23.0. The second-order valence-electron chi connectivity index (χ2n) is 8.43. The van der Waals surface area contributed by atoms with E-state index in [1.165, 1.54) is 39.4 Å². The molecule has 0 fully saturated rings. The summed E-state index contributed by atoms with van der Waals surface area (Å²) in [5.41, 5.74) is 2.93. The Hall–Kier alpha value is -4.11. The fourth-order valence-electron chi connectivity index (χ4n) is 3.88. The quantitative estimate of drug-likeness (QED) is 0.435. The highest BCUT2D eigenvalue weighted by Gasteiger charge is 2.26. The highest BCUT2D eigenvalue weighted by molar-refractivity contribution is 6.49. The third kappa shape index (κ3) is 6.41. The van der Waals surface area contributed by atoms with Gasteiger partial charge < -0.3 is 25.0 Å². The summed E-state index contributed by atoms with van der Waals surface area (Å²) in [6.07, 6.45) is 1.47. The largest absolute Gasteiger partial charge is 0.497 e. The average Bonchev–Trinajstić information content (AvgIpc) is 2.91. The lowest BCUT2D eigenvalue weighted by atomic mass is 10.0. The molecule has 0 radical (unpaired) electrons. The molecule has 0 spiro atoms. The number of rotatable bonds is 9. The van der Waals surface area contributed by atoms with E-state index in [0.29, 0.717) is 34.2 Å². The minimum Gasteiger partial charge on any atom is -0.497 e. The first-order valence-electron chi connectivity index (χ1n) is 12.0. The number of carbonyl (C=O) groups excluding carboxylic acids is 3. The Kier molecular flexibility index (Phi) is 9.30. The van der Waals surface area contributed by atoms with E-state index in [2.05, 4.69) is 15.5 Å². The van der Waals surface area contributed by atoms with Crippen molar-refractivity contribution in [3.8, 4) is 11.5 Å². The van der Waals surface area contributed by atoms with Crippen molar-refractivity contribution in [2.45, 2.75) is 27.7 Å². The van der Waals surface area contributed by atoms with Crippen molar-refractivity contribution < 1.29 is 23.9 Å². The molecule has 2 N–H and O–H groups in total. The van der Waals surface area contributed by atoms with E-state index in [4.69, 9.17) is 26.1 Å². The number of nitrogens with zero attached hydrogens (tertiary/aromatic N) is 2. The lowest BCUT2D eigenvalue weighted by Gasteiger charge is -2.22. The predicted molar refractivity (Wildman–Crippen MR) is 150 cm³/mol. The highest BCUT2D eigenvalue weighted by Crippen LogP contribution is 2.33. The molecule has 38 heavy (non-hydrogen) atoms. The van der Waals surface area contributed by atoms with Gasteiger partial charge >= 0.3 is 0 Å². The number of anilines is 2. The van der Waals surface area contributed by atoms with Crippen molar-refractivity contribution in [3.63, 3.8) is 0 Å². The third-order valence-electron chi connectivity index (χ3n) is 5.96. The number of halogens is 1. The van der Waals surface area contributed by atoms with E-state index in [9.17, 15) is 14.4 Å². The van der Waals surface area contributed by atoms with Crippen LogP contribution in [0.4, 0.5) is 17.1 Å². The molecule has 0 bridgehead atoms. The monoisotopic (exact) mass is 538 g/mol. The number of benzene rings is 2. The van der Waals surface area contributed by atoms with Crippen LogP contribution >= 0.6 is 11.6 Å². The number of allylic oxidation sites excluding steroid dienone is 3. The fourth-order valence-corrected chi connectivity index (χ4v) is 4.08. The minimum atomic E-state index is -0.548. The van der Waals surface area contributed by atoms with Crippen molar-refractivity contribution >= 4 is 52.0 Å². The Morgan fingerprint density at radius 2 is 1.63 bits per heavy atom. The Labute approximate surface area is 227 Å². The number of methoxy groups -OCH3 is 2. The molecule has 10 heteroatoms. The van der Waals surface area contributed by atoms with E-state index in [1.807, 2.05) is 26.0 Å². The number of aliphatic imine (C=N–C) groups is 1. The SMILES string of the molecule is CCN(CC)c1ccc(N=C2C=C(NC(=O)c3cc(OC)cc(OC)c3)C(=O)C(Cl)=C2C)c(NC(C)=O)c1. The summed E-state index contributed by atoms with van der Waals surface area (Å²) in [5.74, 6) is -0.483. The van der Waals surface area contributed by atoms with Crippen LogP contribution in [-0.4, -0.2) is 50.6 Å². The summed E-state index contributed by atoms with van der Waals surface area (Å²) in [4.78, 5) is 44.7. The summed E-state index contributed by atoms with van der Waals surface area (Å²) >= 11 is 6.37. The van der Waals surface area contributed by atoms with Crippen LogP contribution < -0.4 is 25.0 Å².